The Kier molecular flexibility index (Phi) is 3.16. The lowest BCUT2D eigenvalue weighted by atomic mass is 9.80. The van der Waals surface area contributed by atoms with Crippen LogP contribution in [0.15, 0.2) is 36.9 Å². The van der Waals surface area contributed by atoms with Crippen LogP contribution in [0.4, 0.5) is 0 Å². The molecule has 2 fully saturated rings. The average Bonchev–Trinajstić information content (AvgIpc) is 3.34. The molecule has 0 saturated heterocycles. The van der Waals surface area contributed by atoms with Gasteiger partial charge in [-0.3, -0.25) is 14.6 Å². The van der Waals surface area contributed by atoms with Gasteiger partial charge in [-0.05, 0) is 55.7 Å². The van der Waals surface area contributed by atoms with Gasteiger partial charge < -0.3 is 5.73 Å². The highest BCUT2D eigenvalue weighted by Gasteiger charge is 2.34. The number of rotatable bonds is 4. The van der Waals surface area contributed by atoms with Crippen LogP contribution in [0.1, 0.15) is 43.3 Å². The van der Waals surface area contributed by atoms with E-state index in [9.17, 15) is 0 Å². The van der Waals surface area contributed by atoms with Crippen molar-refractivity contribution in [2.24, 2.45) is 11.7 Å². The molecule has 5 heteroatoms. The van der Waals surface area contributed by atoms with E-state index in [1.54, 1.807) is 0 Å². The molecular formula is C19H21N5. The maximum atomic E-state index is 5.77. The number of nitrogens with two attached hydrogens (primary N) is 1. The molecule has 0 atom stereocenters. The van der Waals surface area contributed by atoms with E-state index in [1.807, 2.05) is 30.7 Å². The Bertz CT molecular complexity index is 884. The van der Waals surface area contributed by atoms with Gasteiger partial charge in [0.1, 0.15) is 0 Å². The zero-order chi connectivity index (χ0) is 16.1. The summed E-state index contributed by atoms with van der Waals surface area (Å²) in [4.78, 5) is 8.98. The summed E-state index contributed by atoms with van der Waals surface area (Å²) >= 11 is 0. The summed E-state index contributed by atoms with van der Waals surface area (Å²) in [6.07, 6.45) is 12.6. The van der Waals surface area contributed by atoms with Gasteiger partial charge in [-0.15, -0.1) is 0 Å². The highest BCUT2D eigenvalue weighted by Crippen LogP contribution is 2.46. The third kappa shape index (κ3) is 2.23. The lowest BCUT2D eigenvalue weighted by Crippen LogP contribution is -2.32. The first-order valence-corrected chi connectivity index (χ1v) is 8.81. The molecule has 0 aliphatic heterocycles. The van der Waals surface area contributed by atoms with E-state index < -0.39 is 0 Å². The molecule has 5 rings (SSSR count). The molecule has 3 aromatic heterocycles. The molecule has 2 N–H and O–H groups in total. The Hall–Kier alpha value is -2.27. The number of aromatic nitrogens is 4. The fourth-order valence-corrected chi connectivity index (χ4v) is 3.77. The number of nitrogens with zero attached hydrogens (tertiary/aromatic N) is 4. The van der Waals surface area contributed by atoms with Crippen LogP contribution in [-0.4, -0.2) is 26.3 Å². The predicted octanol–water partition coefficient (Wildman–Crippen LogP) is 3.28. The van der Waals surface area contributed by atoms with Crippen LogP contribution in [0.2, 0.25) is 0 Å². The summed E-state index contributed by atoms with van der Waals surface area (Å²) in [5, 5.41) is 7.25. The third-order valence-corrected chi connectivity index (χ3v) is 5.47. The van der Waals surface area contributed by atoms with Gasteiger partial charge in [0.05, 0.1) is 17.4 Å². The maximum Gasteiger partial charge on any atom is 0.0830 e. The van der Waals surface area contributed by atoms with Crippen molar-refractivity contribution in [2.45, 2.75) is 37.6 Å². The van der Waals surface area contributed by atoms with Crippen molar-refractivity contribution in [3.8, 4) is 11.3 Å². The lowest BCUT2D eigenvalue weighted by molar-refractivity contribution is 0.189. The van der Waals surface area contributed by atoms with Crippen LogP contribution in [0.3, 0.4) is 0 Å². The summed E-state index contributed by atoms with van der Waals surface area (Å²) in [7, 11) is 0. The van der Waals surface area contributed by atoms with Crippen molar-refractivity contribution in [3.05, 3.63) is 42.6 Å². The minimum Gasteiger partial charge on any atom is -0.330 e. The SMILES string of the molecule is NCC1CC(n2cc(-c3nccc4ccncc34)c(C3CC3)n2)C1. The first-order valence-electron chi connectivity index (χ1n) is 8.81. The van der Waals surface area contributed by atoms with Crippen molar-refractivity contribution >= 4 is 10.8 Å². The first kappa shape index (κ1) is 14.1. The van der Waals surface area contributed by atoms with Gasteiger partial charge in [0.25, 0.3) is 0 Å². The van der Waals surface area contributed by atoms with Crippen molar-refractivity contribution in [3.63, 3.8) is 0 Å². The molecule has 0 bridgehead atoms. The smallest absolute Gasteiger partial charge is 0.0830 e. The van der Waals surface area contributed by atoms with Gasteiger partial charge in [0.2, 0.25) is 0 Å². The molecule has 122 valence electrons. The monoisotopic (exact) mass is 319 g/mol. The Morgan fingerprint density at radius 1 is 1.17 bits per heavy atom. The zero-order valence-electron chi connectivity index (χ0n) is 13.6. The number of hydrogen-bond donors (Lipinski definition) is 1. The topological polar surface area (TPSA) is 69.6 Å². The van der Waals surface area contributed by atoms with Gasteiger partial charge in [0.15, 0.2) is 0 Å². The van der Waals surface area contributed by atoms with E-state index in [0.717, 1.165) is 30.5 Å². The van der Waals surface area contributed by atoms with E-state index in [-0.39, 0.29) is 0 Å². The number of pyridine rings is 2. The number of fused-ring (bicyclic) bond motifs is 1. The van der Waals surface area contributed by atoms with Crippen molar-refractivity contribution in [1.82, 2.24) is 19.7 Å². The molecule has 2 aliphatic rings. The molecule has 0 amide bonds. The van der Waals surface area contributed by atoms with Crippen LogP contribution >= 0.6 is 0 Å². The zero-order valence-corrected chi connectivity index (χ0v) is 13.6. The fourth-order valence-electron chi connectivity index (χ4n) is 3.77. The Morgan fingerprint density at radius 2 is 2.00 bits per heavy atom. The Balaban J connectivity index is 1.60. The average molecular weight is 319 g/mol. The molecule has 2 aliphatic carbocycles. The second kappa shape index (κ2) is 5.38. The highest BCUT2D eigenvalue weighted by molar-refractivity contribution is 5.94. The molecule has 2 saturated carbocycles. The van der Waals surface area contributed by atoms with Crippen LogP contribution in [0, 0.1) is 5.92 Å². The van der Waals surface area contributed by atoms with Gasteiger partial charge in [-0.2, -0.15) is 5.10 Å². The fraction of sp³-hybridized carbons (Fsp3) is 0.421. The minimum absolute atomic E-state index is 0.498. The summed E-state index contributed by atoms with van der Waals surface area (Å²) in [6.45, 7) is 0.788. The molecule has 0 radical (unpaired) electrons. The second-order valence-electron chi connectivity index (χ2n) is 7.17. The maximum absolute atomic E-state index is 5.77. The van der Waals surface area contributed by atoms with Gasteiger partial charge in [-0.25, -0.2) is 0 Å². The molecule has 3 heterocycles. The van der Waals surface area contributed by atoms with Gasteiger partial charge in [0, 0.05) is 41.7 Å². The lowest BCUT2D eigenvalue weighted by Gasteiger charge is -2.34. The molecule has 3 aromatic rings. The van der Waals surface area contributed by atoms with Gasteiger partial charge in [-0.1, -0.05) is 0 Å². The molecule has 0 spiro atoms. The second-order valence-corrected chi connectivity index (χ2v) is 7.17. The standard InChI is InChI=1S/C19H21N5/c20-9-12-7-15(8-12)24-11-17(18(23-24)14-1-2-14)19-16-10-21-5-3-13(16)4-6-22-19/h3-6,10-12,14-15H,1-2,7-9,20H2. The van der Waals surface area contributed by atoms with Crippen LogP contribution in [0.25, 0.3) is 22.0 Å². The quantitative estimate of drug-likeness (QED) is 0.801. The summed E-state index contributed by atoms with van der Waals surface area (Å²) in [6, 6.07) is 4.58. The minimum atomic E-state index is 0.498. The molecule has 5 nitrogen and oxygen atoms in total. The Morgan fingerprint density at radius 3 is 2.79 bits per heavy atom. The molecule has 0 unspecified atom stereocenters. The summed E-state index contributed by atoms with van der Waals surface area (Å²) in [5.41, 5.74) is 9.20. The summed E-state index contributed by atoms with van der Waals surface area (Å²) < 4.78 is 2.17. The van der Waals surface area contributed by atoms with E-state index in [2.05, 4.69) is 20.8 Å². The number of hydrogen-bond acceptors (Lipinski definition) is 4. The van der Waals surface area contributed by atoms with Crippen molar-refractivity contribution < 1.29 is 0 Å². The summed E-state index contributed by atoms with van der Waals surface area (Å²) in [5.74, 6) is 1.26. The van der Waals surface area contributed by atoms with Gasteiger partial charge >= 0.3 is 0 Å². The Labute approximate surface area is 140 Å². The predicted molar refractivity (Wildman–Crippen MR) is 93.5 cm³/mol. The molecule has 24 heavy (non-hydrogen) atoms. The van der Waals surface area contributed by atoms with E-state index in [1.165, 1.54) is 29.5 Å². The first-order chi connectivity index (χ1) is 11.8. The van der Waals surface area contributed by atoms with Crippen LogP contribution in [-0.2, 0) is 0 Å². The van der Waals surface area contributed by atoms with E-state index in [0.29, 0.717) is 17.9 Å². The highest BCUT2D eigenvalue weighted by atomic mass is 15.3. The molecular weight excluding hydrogens is 298 g/mol. The largest absolute Gasteiger partial charge is 0.330 e. The van der Waals surface area contributed by atoms with E-state index in [4.69, 9.17) is 10.8 Å². The normalized spacial score (nSPS) is 23.4. The van der Waals surface area contributed by atoms with Crippen molar-refractivity contribution in [2.75, 3.05) is 6.54 Å². The van der Waals surface area contributed by atoms with Crippen molar-refractivity contribution in [1.29, 1.82) is 0 Å². The molecule has 0 aromatic carbocycles. The third-order valence-electron chi connectivity index (χ3n) is 5.47. The van der Waals surface area contributed by atoms with Crippen LogP contribution in [0.5, 0.6) is 0 Å². The van der Waals surface area contributed by atoms with E-state index >= 15 is 0 Å². The van der Waals surface area contributed by atoms with Crippen LogP contribution < -0.4 is 5.73 Å².